The summed E-state index contributed by atoms with van der Waals surface area (Å²) in [5.74, 6) is 2.40. The van der Waals surface area contributed by atoms with Gasteiger partial charge >= 0.3 is 0 Å². The molecule has 1 saturated heterocycles. The molecule has 6 nitrogen and oxygen atoms in total. The lowest BCUT2D eigenvalue weighted by atomic mass is 9.97. The molecule has 0 radical (unpaired) electrons. The number of likely N-dealkylation sites (tertiary alicyclic amines) is 1. The van der Waals surface area contributed by atoms with E-state index < -0.39 is 0 Å². The summed E-state index contributed by atoms with van der Waals surface area (Å²) in [6, 6.07) is 1.95. The van der Waals surface area contributed by atoms with Gasteiger partial charge in [0.15, 0.2) is 0 Å². The van der Waals surface area contributed by atoms with Crippen molar-refractivity contribution in [3.8, 4) is 0 Å². The largest absolute Gasteiger partial charge is 0.373 e. The second-order valence-corrected chi connectivity index (χ2v) is 5.72. The summed E-state index contributed by atoms with van der Waals surface area (Å²) < 4.78 is 0. The van der Waals surface area contributed by atoms with Crippen molar-refractivity contribution < 1.29 is 4.79 Å². The van der Waals surface area contributed by atoms with E-state index >= 15 is 0 Å². The Bertz CT molecular complexity index is 483. The zero-order chi connectivity index (χ0) is 15.2. The summed E-state index contributed by atoms with van der Waals surface area (Å²) in [5, 5.41) is 5.98. The minimum Gasteiger partial charge on any atom is -0.373 e. The third-order valence-corrected chi connectivity index (χ3v) is 3.87. The second-order valence-electron chi connectivity index (χ2n) is 5.72. The van der Waals surface area contributed by atoms with Gasteiger partial charge < -0.3 is 10.6 Å². The van der Waals surface area contributed by atoms with Crippen molar-refractivity contribution in [1.82, 2.24) is 20.2 Å². The topological polar surface area (TPSA) is 70.2 Å². The Hall–Kier alpha value is -1.69. The van der Waals surface area contributed by atoms with Crippen molar-refractivity contribution in [1.29, 1.82) is 0 Å². The van der Waals surface area contributed by atoms with Gasteiger partial charge in [0.2, 0.25) is 5.91 Å². The molecule has 0 aliphatic carbocycles. The zero-order valence-electron chi connectivity index (χ0n) is 13.1. The van der Waals surface area contributed by atoms with Crippen LogP contribution in [0.5, 0.6) is 0 Å². The number of anilines is 1. The quantitative estimate of drug-likeness (QED) is 0.852. The van der Waals surface area contributed by atoms with Crippen LogP contribution in [0.3, 0.4) is 0 Å². The first kappa shape index (κ1) is 15.7. The smallest absolute Gasteiger partial charge is 0.216 e. The normalized spacial score (nSPS) is 16.7. The van der Waals surface area contributed by atoms with E-state index in [4.69, 9.17) is 0 Å². The van der Waals surface area contributed by atoms with Crippen LogP contribution in [0.15, 0.2) is 6.07 Å². The zero-order valence-corrected chi connectivity index (χ0v) is 13.1. The molecule has 0 atom stereocenters. The van der Waals surface area contributed by atoms with Crippen LogP contribution >= 0.6 is 0 Å². The lowest BCUT2D eigenvalue weighted by Crippen LogP contribution is -2.38. The molecule has 1 aromatic rings. The van der Waals surface area contributed by atoms with Gasteiger partial charge in [-0.15, -0.1) is 0 Å². The van der Waals surface area contributed by atoms with E-state index in [0.29, 0.717) is 5.92 Å². The fraction of sp³-hybridized carbons (Fsp3) is 0.667. The molecule has 1 amide bonds. The Kier molecular flexibility index (Phi) is 5.50. The first-order chi connectivity index (χ1) is 10.1. The molecule has 6 heteroatoms. The Balaban J connectivity index is 1.83. The maximum absolute atomic E-state index is 10.9. The third kappa shape index (κ3) is 4.97. The van der Waals surface area contributed by atoms with E-state index in [2.05, 4.69) is 25.5 Å². The van der Waals surface area contributed by atoms with Gasteiger partial charge in [0.1, 0.15) is 11.6 Å². The molecular weight excluding hydrogens is 266 g/mol. The van der Waals surface area contributed by atoms with Gasteiger partial charge in [0.25, 0.3) is 0 Å². The Morgan fingerprint density at radius 1 is 1.38 bits per heavy atom. The van der Waals surface area contributed by atoms with Crippen LogP contribution in [0.1, 0.15) is 31.3 Å². The molecule has 0 spiro atoms. The van der Waals surface area contributed by atoms with Crippen LogP contribution in [-0.2, 0) is 11.3 Å². The minimum absolute atomic E-state index is 0.0604. The number of carbonyl (C=O) groups is 1. The highest BCUT2D eigenvalue weighted by molar-refractivity contribution is 5.72. The number of carbonyl (C=O) groups excluding carboxylic acids is 1. The van der Waals surface area contributed by atoms with Crippen LogP contribution in [0.2, 0.25) is 0 Å². The predicted octanol–water partition coefficient (Wildman–Crippen LogP) is 1.17. The lowest BCUT2D eigenvalue weighted by molar-refractivity contribution is -0.119. The first-order valence-corrected chi connectivity index (χ1v) is 7.56. The number of amides is 1. The minimum atomic E-state index is 0.0604. The number of piperidine rings is 1. The van der Waals surface area contributed by atoms with Crippen molar-refractivity contribution in [2.75, 3.05) is 32.0 Å². The lowest BCUT2D eigenvalue weighted by Gasteiger charge is -2.31. The van der Waals surface area contributed by atoms with Gasteiger partial charge in [-0.3, -0.25) is 9.69 Å². The van der Waals surface area contributed by atoms with Crippen molar-refractivity contribution in [3.63, 3.8) is 0 Å². The van der Waals surface area contributed by atoms with Crippen molar-refractivity contribution >= 4 is 11.7 Å². The molecule has 2 rings (SSSR count). The third-order valence-electron chi connectivity index (χ3n) is 3.87. The average Bonchev–Trinajstić information content (AvgIpc) is 2.46. The average molecular weight is 291 g/mol. The van der Waals surface area contributed by atoms with Gasteiger partial charge in [-0.1, -0.05) is 0 Å². The molecule has 0 aromatic carbocycles. The molecule has 1 aromatic heterocycles. The van der Waals surface area contributed by atoms with Crippen LogP contribution in [-0.4, -0.2) is 47.5 Å². The van der Waals surface area contributed by atoms with Gasteiger partial charge in [-0.2, -0.15) is 0 Å². The molecule has 1 aliphatic heterocycles. The highest BCUT2D eigenvalue weighted by Gasteiger charge is 2.20. The molecule has 2 N–H and O–H groups in total. The van der Waals surface area contributed by atoms with Gasteiger partial charge in [0.05, 0.1) is 6.54 Å². The van der Waals surface area contributed by atoms with Crippen molar-refractivity contribution in [2.45, 2.75) is 33.2 Å². The summed E-state index contributed by atoms with van der Waals surface area (Å²) in [6.45, 7) is 7.24. The molecule has 116 valence electrons. The van der Waals surface area contributed by atoms with E-state index in [9.17, 15) is 4.79 Å². The second kappa shape index (κ2) is 7.36. The van der Waals surface area contributed by atoms with Gasteiger partial charge in [-0.25, -0.2) is 9.97 Å². The van der Waals surface area contributed by atoms with Crippen LogP contribution in [0.25, 0.3) is 0 Å². The fourth-order valence-corrected chi connectivity index (χ4v) is 2.67. The van der Waals surface area contributed by atoms with Crippen LogP contribution < -0.4 is 10.6 Å². The maximum Gasteiger partial charge on any atom is 0.216 e. The Morgan fingerprint density at radius 2 is 2.10 bits per heavy atom. The molecular formula is C15H25N5O. The van der Waals surface area contributed by atoms with E-state index in [-0.39, 0.29) is 5.91 Å². The predicted molar refractivity (Wildman–Crippen MR) is 83.0 cm³/mol. The molecule has 2 heterocycles. The van der Waals surface area contributed by atoms with E-state index in [0.717, 1.165) is 56.4 Å². The summed E-state index contributed by atoms with van der Waals surface area (Å²) >= 11 is 0. The monoisotopic (exact) mass is 291 g/mol. The highest BCUT2D eigenvalue weighted by Crippen LogP contribution is 2.18. The molecule has 0 unspecified atom stereocenters. The van der Waals surface area contributed by atoms with E-state index in [1.165, 1.54) is 0 Å². The summed E-state index contributed by atoms with van der Waals surface area (Å²) in [4.78, 5) is 22.3. The number of rotatable bonds is 5. The Morgan fingerprint density at radius 3 is 2.71 bits per heavy atom. The standard InChI is InChI=1S/C15H25N5O/c1-11-8-14(16-3)19-15(18-11)10-20-6-4-13(5-7-20)9-17-12(2)21/h8,13H,4-7,9-10H2,1-3H3,(H,17,21)(H,16,18,19). The molecule has 21 heavy (non-hydrogen) atoms. The molecule has 1 fully saturated rings. The summed E-state index contributed by atoms with van der Waals surface area (Å²) in [7, 11) is 1.87. The number of aromatic nitrogens is 2. The number of nitrogens with one attached hydrogen (secondary N) is 2. The fourth-order valence-electron chi connectivity index (χ4n) is 2.67. The summed E-state index contributed by atoms with van der Waals surface area (Å²) in [5.41, 5.74) is 0.991. The number of aryl methyl sites for hydroxylation is 1. The molecule has 0 bridgehead atoms. The Labute approximate surface area is 126 Å². The first-order valence-electron chi connectivity index (χ1n) is 7.56. The molecule has 1 aliphatic rings. The number of nitrogens with zero attached hydrogens (tertiary/aromatic N) is 3. The highest BCUT2D eigenvalue weighted by atomic mass is 16.1. The molecule has 0 saturated carbocycles. The van der Waals surface area contributed by atoms with Crippen molar-refractivity contribution in [3.05, 3.63) is 17.6 Å². The number of hydrogen-bond acceptors (Lipinski definition) is 5. The SMILES string of the molecule is CNc1cc(C)nc(CN2CCC(CNC(C)=O)CC2)n1. The van der Waals surface area contributed by atoms with Crippen LogP contribution in [0, 0.1) is 12.8 Å². The van der Waals surface area contributed by atoms with Gasteiger partial charge in [-0.05, 0) is 38.8 Å². The van der Waals surface area contributed by atoms with Crippen molar-refractivity contribution in [2.24, 2.45) is 5.92 Å². The van der Waals surface area contributed by atoms with E-state index in [1.807, 2.05) is 20.0 Å². The van der Waals surface area contributed by atoms with Crippen LogP contribution in [0.4, 0.5) is 5.82 Å². The number of hydrogen-bond donors (Lipinski definition) is 2. The summed E-state index contributed by atoms with van der Waals surface area (Å²) in [6.07, 6.45) is 2.23. The maximum atomic E-state index is 10.9. The van der Waals surface area contributed by atoms with Gasteiger partial charge in [0, 0.05) is 32.3 Å². The van der Waals surface area contributed by atoms with E-state index in [1.54, 1.807) is 6.92 Å².